The second-order valence-corrected chi connectivity index (χ2v) is 4.23. The molecular formula is C15H18N2. The van der Waals surface area contributed by atoms with E-state index in [1.165, 1.54) is 11.1 Å². The number of aromatic nitrogens is 1. The number of hydrogen-bond donors (Lipinski definition) is 1. The van der Waals surface area contributed by atoms with Crippen LogP contribution >= 0.6 is 0 Å². The summed E-state index contributed by atoms with van der Waals surface area (Å²) in [4.78, 5) is 4.36. The van der Waals surface area contributed by atoms with Crippen molar-refractivity contribution < 1.29 is 0 Å². The summed E-state index contributed by atoms with van der Waals surface area (Å²) in [6.07, 6.45) is 2.98. The summed E-state index contributed by atoms with van der Waals surface area (Å²) < 4.78 is 0. The van der Waals surface area contributed by atoms with Crippen LogP contribution in [0.2, 0.25) is 0 Å². The van der Waals surface area contributed by atoms with Crippen LogP contribution in [0.1, 0.15) is 23.7 Å². The Kier molecular flexibility index (Phi) is 3.76. The van der Waals surface area contributed by atoms with Crippen LogP contribution in [-0.2, 0) is 13.0 Å². The normalized spacial score (nSPS) is 10.2. The third-order valence-electron chi connectivity index (χ3n) is 2.81. The quantitative estimate of drug-likeness (QED) is 0.862. The molecule has 0 atom stereocenters. The van der Waals surface area contributed by atoms with E-state index in [0.29, 0.717) is 0 Å². The van der Waals surface area contributed by atoms with Crippen LogP contribution in [0.4, 0.5) is 5.69 Å². The molecule has 88 valence electrons. The van der Waals surface area contributed by atoms with Gasteiger partial charge in [-0.25, -0.2) is 0 Å². The molecule has 0 saturated heterocycles. The van der Waals surface area contributed by atoms with Crippen molar-refractivity contribution in [3.63, 3.8) is 0 Å². The molecule has 2 nitrogen and oxygen atoms in total. The number of nitrogens with zero attached hydrogens (tertiary/aromatic N) is 1. The third-order valence-corrected chi connectivity index (χ3v) is 2.81. The minimum absolute atomic E-state index is 0.770. The predicted molar refractivity (Wildman–Crippen MR) is 72.1 cm³/mol. The molecule has 17 heavy (non-hydrogen) atoms. The maximum atomic E-state index is 4.36. The van der Waals surface area contributed by atoms with E-state index >= 15 is 0 Å². The summed E-state index contributed by atoms with van der Waals surface area (Å²) in [7, 11) is 0. The second-order valence-electron chi connectivity index (χ2n) is 4.23. The zero-order valence-electron chi connectivity index (χ0n) is 10.4. The Balaban J connectivity index is 1.95. The van der Waals surface area contributed by atoms with Crippen molar-refractivity contribution in [2.75, 3.05) is 5.32 Å². The van der Waals surface area contributed by atoms with Gasteiger partial charge in [-0.15, -0.1) is 0 Å². The molecule has 0 aliphatic carbocycles. The molecular weight excluding hydrogens is 208 g/mol. The van der Waals surface area contributed by atoms with Crippen molar-refractivity contribution in [1.82, 2.24) is 4.98 Å². The van der Waals surface area contributed by atoms with E-state index in [9.17, 15) is 0 Å². The van der Waals surface area contributed by atoms with Gasteiger partial charge in [-0.3, -0.25) is 4.98 Å². The monoisotopic (exact) mass is 226 g/mol. The van der Waals surface area contributed by atoms with Crippen LogP contribution in [0.15, 0.2) is 42.6 Å². The van der Waals surface area contributed by atoms with Gasteiger partial charge in [0.05, 0.1) is 12.2 Å². The molecule has 0 bridgehead atoms. The molecule has 2 rings (SSSR count). The van der Waals surface area contributed by atoms with Crippen LogP contribution < -0.4 is 5.32 Å². The van der Waals surface area contributed by atoms with Crippen molar-refractivity contribution in [2.24, 2.45) is 0 Å². The van der Waals surface area contributed by atoms with Crippen LogP contribution in [0.25, 0.3) is 0 Å². The Morgan fingerprint density at radius 1 is 1.06 bits per heavy atom. The van der Waals surface area contributed by atoms with E-state index in [-0.39, 0.29) is 0 Å². The largest absolute Gasteiger partial charge is 0.379 e. The van der Waals surface area contributed by atoms with Crippen LogP contribution in [0.3, 0.4) is 0 Å². The number of pyridine rings is 1. The first kappa shape index (κ1) is 11.6. The van der Waals surface area contributed by atoms with E-state index in [0.717, 1.165) is 24.3 Å². The maximum Gasteiger partial charge on any atom is 0.0594 e. The highest BCUT2D eigenvalue weighted by Gasteiger charge is 1.95. The molecule has 1 aromatic heterocycles. The molecule has 0 fully saturated rings. The Labute approximate surface area is 103 Å². The predicted octanol–water partition coefficient (Wildman–Crippen LogP) is 3.56. The fourth-order valence-electron chi connectivity index (χ4n) is 1.65. The summed E-state index contributed by atoms with van der Waals surface area (Å²) in [5.41, 5.74) is 4.77. The summed E-state index contributed by atoms with van der Waals surface area (Å²) in [5.74, 6) is 0. The van der Waals surface area contributed by atoms with Gasteiger partial charge >= 0.3 is 0 Å². The van der Waals surface area contributed by atoms with Crippen molar-refractivity contribution in [3.8, 4) is 0 Å². The van der Waals surface area contributed by atoms with E-state index in [2.05, 4.69) is 53.6 Å². The summed E-state index contributed by atoms with van der Waals surface area (Å²) in [6.45, 7) is 4.98. The van der Waals surface area contributed by atoms with Crippen molar-refractivity contribution in [2.45, 2.75) is 26.8 Å². The Morgan fingerprint density at radius 3 is 2.41 bits per heavy atom. The van der Waals surface area contributed by atoms with Crippen LogP contribution in [0.5, 0.6) is 0 Å². The van der Waals surface area contributed by atoms with Gasteiger partial charge in [0.2, 0.25) is 0 Å². The minimum atomic E-state index is 0.770. The lowest BCUT2D eigenvalue weighted by molar-refractivity contribution is 1.03. The summed E-state index contributed by atoms with van der Waals surface area (Å²) in [5, 5.41) is 3.37. The van der Waals surface area contributed by atoms with E-state index in [1.54, 1.807) is 0 Å². The molecule has 0 radical (unpaired) electrons. The minimum Gasteiger partial charge on any atom is -0.379 e. The Morgan fingerprint density at radius 2 is 1.82 bits per heavy atom. The average Bonchev–Trinajstić information content (AvgIpc) is 2.39. The number of aryl methyl sites for hydroxylation is 2. The van der Waals surface area contributed by atoms with Gasteiger partial charge in [-0.1, -0.05) is 25.1 Å². The number of hydrogen-bond acceptors (Lipinski definition) is 2. The van der Waals surface area contributed by atoms with E-state index in [4.69, 9.17) is 0 Å². The zero-order chi connectivity index (χ0) is 12.1. The first-order chi connectivity index (χ1) is 8.28. The fraction of sp³-hybridized carbons (Fsp3) is 0.267. The van der Waals surface area contributed by atoms with Gasteiger partial charge in [0.1, 0.15) is 0 Å². The number of nitrogens with one attached hydrogen (secondary N) is 1. The molecule has 1 heterocycles. The molecule has 2 heteroatoms. The lowest BCUT2D eigenvalue weighted by Gasteiger charge is -2.06. The Hall–Kier alpha value is -1.83. The van der Waals surface area contributed by atoms with E-state index < -0.39 is 0 Å². The van der Waals surface area contributed by atoms with Gasteiger partial charge in [-0.05, 0) is 42.7 Å². The highest BCUT2D eigenvalue weighted by atomic mass is 14.9. The number of benzene rings is 1. The molecule has 0 aliphatic heterocycles. The lowest BCUT2D eigenvalue weighted by Crippen LogP contribution is -2.01. The zero-order valence-corrected chi connectivity index (χ0v) is 10.4. The van der Waals surface area contributed by atoms with Crippen molar-refractivity contribution >= 4 is 5.69 Å². The molecule has 0 unspecified atom stereocenters. The first-order valence-corrected chi connectivity index (χ1v) is 6.02. The molecule has 1 N–H and O–H groups in total. The summed E-state index contributed by atoms with van der Waals surface area (Å²) in [6, 6.07) is 12.7. The van der Waals surface area contributed by atoms with Crippen molar-refractivity contribution in [3.05, 3.63) is 59.4 Å². The molecule has 0 saturated carbocycles. The first-order valence-electron chi connectivity index (χ1n) is 6.02. The smallest absolute Gasteiger partial charge is 0.0594 e. The number of anilines is 1. The summed E-state index contributed by atoms with van der Waals surface area (Å²) >= 11 is 0. The van der Waals surface area contributed by atoms with Gasteiger partial charge in [0.25, 0.3) is 0 Å². The highest BCUT2D eigenvalue weighted by molar-refractivity contribution is 5.44. The second kappa shape index (κ2) is 5.48. The maximum absolute atomic E-state index is 4.36. The molecule has 0 amide bonds. The Bertz CT molecular complexity index is 457. The SMILES string of the molecule is CCc1ccc(NCc2ccc(C)cn2)cc1. The molecule has 2 aromatic rings. The van der Waals surface area contributed by atoms with Crippen LogP contribution in [-0.4, -0.2) is 4.98 Å². The highest BCUT2D eigenvalue weighted by Crippen LogP contribution is 2.11. The third kappa shape index (κ3) is 3.31. The molecule has 0 aliphatic rings. The van der Waals surface area contributed by atoms with Gasteiger partial charge in [-0.2, -0.15) is 0 Å². The lowest BCUT2D eigenvalue weighted by atomic mass is 10.1. The topological polar surface area (TPSA) is 24.9 Å². The standard InChI is InChI=1S/C15H18N2/c1-3-13-5-8-14(9-6-13)17-11-15-7-4-12(2)10-16-15/h4-10,17H,3,11H2,1-2H3. The number of rotatable bonds is 4. The molecule has 1 aromatic carbocycles. The van der Waals surface area contributed by atoms with Crippen LogP contribution in [0, 0.1) is 6.92 Å². The van der Waals surface area contributed by atoms with E-state index in [1.807, 2.05) is 13.1 Å². The van der Waals surface area contributed by atoms with Gasteiger partial charge < -0.3 is 5.32 Å². The fourth-order valence-corrected chi connectivity index (χ4v) is 1.65. The van der Waals surface area contributed by atoms with Gasteiger partial charge in [0.15, 0.2) is 0 Å². The average molecular weight is 226 g/mol. The molecule has 0 spiro atoms. The van der Waals surface area contributed by atoms with Crippen molar-refractivity contribution in [1.29, 1.82) is 0 Å². The van der Waals surface area contributed by atoms with Gasteiger partial charge in [0, 0.05) is 11.9 Å².